The van der Waals surface area contributed by atoms with Gasteiger partial charge >= 0.3 is 11.9 Å². The summed E-state index contributed by atoms with van der Waals surface area (Å²) in [6.07, 6.45) is 3.35. The molecule has 0 saturated carbocycles. The summed E-state index contributed by atoms with van der Waals surface area (Å²) in [4.78, 5) is 41.8. The Morgan fingerprint density at radius 1 is 0.614 bits per heavy atom. The van der Waals surface area contributed by atoms with Gasteiger partial charge < -0.3 is 19.4 Å². The highest BCUT2D eigenvalue weighted by molar-refractivity contribution is 5.96. The van der Waals surface area contributed by atoms with Crippen molar-refractivity contribution >= 4 is 56.3 Å². The number of ether oxygens (including phenoxy) is 2. The lowest BCUT2D eigenvalue weighted by molar-refractivity contribution is -0.141. The van der Waals surface area contributed by atoms with E-state index < -0.39 is 0 Å². The Bertz CT molecular complexity index is 1890. The Hall–Kier alpha value is -4.46. The van der Waals surface area contributed by atoms with Crippen molar-refractivity contribution in [2.24, 2.45) is 0 Å². The summed E-state index contributed by atoms with van der Waals surface area (Å²) in [5, 5.41) is 0. The van der Waals surface area contributed by atoms with Gasteiger partial charge in [-0.15, -0.1) is 0 Å². The zero-order valence-electron chi connectivity index (χ0n) is 27.1. The molecule has 0 spiro atoms. The Labute approximate surface area is 258 Å². The highest BCUT2D eigenvalue weighted by atomic mass is 16.5. The van der Waals surface area contributed by atoms with Crippen LogP contribution in [0.25, 0.3) is 44.4 Å². The molecule has 230 valence electrons. The number of hydrogen-bond donors (Lipinski definition) is 2. The third-order valence-corrected chi connectivity index (χ3v) is 9.12. The van der Waals surface area contributed by atoms with Gasteiger partial charge in [0.15, 0.2) is 0 Å². The van der Waals surface area contributed by atoms with Crippen LogP contribution in [0.15, 0.2) is 24.3 Å². The molecule has 3 aromatic heterocycles. The minimum atomic E-state index is -0.254. The van der Waals surface area contributed by atoms with Crippen molar-refractivity contribution in [2.45, 2.75) is 80.1 Å². The SMILES string of the molecule is CCC1=C(C)c2cc3nc(cc4[nH]c(cc5[nH]c(cc1n2)c(CC)c5C)c(CCC(=O)OC)c4C)C(C)=C3CCC(=O)OC. The van der Waals surface area contributed by atoms with Crippen LogP contribution in [0.2, 0.25) is 0 Å². The van der Waals surface area contributed by atoms with Crippen molar-refractivity contribution in [3.63, 3.8) is 0 Å². The number of H-pyrrole nitrogens is 2. The van der Waals surface area contributed by atoms with E-state index in [2.05, 4.69) is 75.8 Å². The van der Waals surface area contributed by atoms with E-state index in [1.165, 1.54) is 30.9 Å². The van der Waals surface area contributed by atoms with Crippen LogP contribution < -0.4 is 0 Å². The number of rotatable bonds is 8. The first kappa shape index (κ1) is 31.0. The fourth-order valence-corrected chi connectivity index (χ4v) is 6.41. The van der Waals surface area contributed by atoms with Gasteiger partial charge in [-0.1, -0.05) is 13.8 Å². The number of fused-ring (bicyclic) bond motifs is 8. The van der Waals surface area contributed by atoms with Crippen LogP contribution in [0.5, 0.6) is 0 Å². The maximum absolute atomic E-state index is 12.1. The molecule has 44 heavy (non-hydrogen) atoms. The number of carbonyl (C=O) groups is 2. The monoisotopic (exact) mass is 594 g/mol. The molecule has 8 nitrogen and oxygen atoms in total. The first-order valence-corrected chi connectivity index (χ1v) is 15.4. The van der Waals surface area contributed by atoms with Crippen LogP contribution in [0.4, 0.5) is 0 Å². The normalized spacial score (nSPS) is 13.1. The molecule has 0 aliphatic carbocycles. The standard InChI is InChI=1S/C36H42N4O4/c1-9-23-19(3)29-16-33-25(11-13-35(41)43-7)21(5)27(39-33)15-28-22(6)26(12-14-36(42)44-8)34(40-28)17-30-20(4)24(10-2)32(38-30)18-31(23)37-29/h15-18,37,39H,9-14H2,1-8H3. The quantitative estimate of drug-likeness (QED) is 0.257. The van der Waals surface area contributed by atoms with Gasteiger partial charge in [0.05, 0.1) is 37.0 Å². The van der Waals surface area contributed by atoms with E-state index in [-0.39, 0.29) is 24.8 Å². The number of nitrogens with zero attached hydrogens (tertiary/aromatic N) is 2. The topological polar surface area (TPSA) is 110 Å². The number of methoxy groups -OCH3 is 2. The van der Waals surface area contributed by atoms with E-state index in [0.717, 1.165) is 85.5 Å². The lowest BCUT2D eigenvalue weighted by atomic mass is 9.99. The van der Waals surface area contributed by atoms with Crippen molar-refractivity contribution < 1.29 is 19.1 Å². The Morgan fingerprint density at radius 3 is 1.73 bits per heavy atom. The molecule has 8 bridgehead atoms. The highest BCUT2D eigenvalue weighted by Gasteiger charge is 2.22. The third kappa shape index (κ3) is 5.73. The fraction of sp³-hybridized carbons (Fsp3) is 0.389. The van der Waals surface area contributed by atoms with Crippen molar-refractivity contribution in [1.82, 2.24) is 19.9 Å². The predicted octanol–water partition coefficient (Wildman–Crippen LogP) is 7.82. The number of hydrogen-bond acceptors (Lipinski definition) is 6. The molecule has 0 radical (unpaired) electrons. The van der Waals surface area contributed by atoms with Crippen LogP contribution >= 0.6 is 0 Å². The lowest BCUT2D eigenvalue weighted by Gasteiger charge is -2.04. The molecule has 2 aliphatic rings. The van der Waals surface area contributed by atoms with Gasteiger partial charge in [-0.05, 0) is 122 Å². The highest BCUT2D eigenvalue weighted by Crippen LogP contribution is 2.37. The average Bonchev–Trinajstić information content (AvgIpc) is 3.67. The second kappa shape index (κ2) is 12.6. The van der Waals surface area contributed by atoms with Gasteiger partial charge in [0.1, 0.15) is 0 Å². The molecule has 2 aliphatic heterocycles. The second-order valence-corrected chi connectivity index (χ2v) is 11.5. The number of carbonyl (C=O) groups excluding carboxylic acids is 2. The summed E-state index contributed by atoms with van der Waals surface area (Å²) in [5.41, 5.74) is 16.4. The molecule has 0 saturated heterocycles. The second-order valence-electron chi connectivity index (χ2n) is 11.5. The molecule has 0 atom stereocenters. The molecule has 0 aromatic carbocycles. The van der Waals surface area contributed by atoms with E-state index in [1.54, 1.807) is 0 Å². The molecule has 0 unspecified atom stereocenters. The van der Waals surface area contributed by atoms with E-state index in [4.69, 9.17) is 19.4 Å². The minimum absolute atomic E-state index is 0.242. The van der Waals surface area contributed by atoms with Crippen molar-refractivity contribution in [3.8, 4) is 0 Å². The van der Waals surface area contributed by atoms with Crippen molar-refractivity contribution in [2.75, 3.05) is 14.2 Å². The zero-order valence-corrected chi connectivity index (χ0v) is 27.1. The lowest BCUT2D eigenvalue weighted by Crippen LogP contribution is -2.02. The Morgan fingerprint density at radius 2 is 1.11 bits per heavy atom. The van der Waals surface area contributed by atoms with E-state index in [0.29, 0.717) is 12.8 Å². The van der Waals surface area contributed by atoms with Crippen molar-refractivity contribution in [3.05, 3.63) is 69.3 Å². The summed E-state index contributed by atoms with van der Waals surface area (Å²) >= 11 is 0. The molecule has 0 fully saturated rings. The fourth-order valence-electron chi connectivity index (χ4n) is 6.41. The summed E-state index contributed by atoms with van der Waals surface area (Å²) in [6.45, 7) is 12.7. The summed E-state index contributed by atoms with van der Waals surface area (Å²) < 4.78 is 9.91. The number of aryl methyl sites for hydroxylation is 4. The Kier molecular flexibility index (Phi) is 8.90. The number of allylic oxidation sites excluding steroid dienone is 4. The molecular weight excluding hydrogens is 552 g/mol. The molecule has 0 amide bonds. The van der Waals surface area contributed by atoms with Gasteiger partial charge in [0.2, 0.25) is 0 Å². The van der Waals surface area contributed by atoms with Crippen LogP contribution in [-0.4, -0.2) is 46.1 Å². The minimum Gasteiger partial charge on any atom is -0.469 e. The number of nitrogens with one attached hydrogen (secondary N) is 2. The largest absolute Gasteiger partial charge is 0.469 e. The number of aromatic amines is 2. The third-order valence-electron chi connectivity index (χ3n) is 9.12. The molecule has 8 heteroatoms. The maximum Gasteiger partial charge on any atom is 0.305 e. The maximum atomic E-state index is 12.1. The number of esters is 2. The van der Waals surface area contributed by atoms with Crippen LogP contribution in [-0.2, 0) is 31.9 Å². The van der Waals surface area contributed by atoms with Gasteiger partial charge in [0, 0.05) is 34.9 Å². The van der Waals surface area contributed by atoms with Crippen LogP contribution in [0.1, 0.15) is 98.4 Å². The predicted molar refractivity (Wildman–Crippen MR) is 177 cm³/mol. The van der Waals surface area contributed by atoms with Gasteiger partial charge in [-0.3, -0.25) is 9.59 Å². The average molecular weight is 595 g/mol. The molecular formula is C36H42N4O4. The van der Waals surface area contributed by atoms with E-state index in [9.17, 15) is 9.59 Å². The van der Waals surface area contributed by atoms with Gasteiger partial charge in [-0.25, -0.2) is 9.97 Å². The van der Waals surface area contributed by atoms with Crippen LogP contribution in [0.3, 0.4) is 0 Å². The molecule has 2 N–H and O–H groups in total. The smallest absolute Gasteiger partial charge is 0.305 e. The van der Waals surface area contributed by atoms with Crippen molar-refractivity contribution in [1.29, 1.82) is 0 Å². The summed E-state index contributed by atoms with van der Waals surface area (Å²) in [7, 11) is 2.83. The van der Waals surface area contributed by atoms with Gasteiger partial charge in [0.25, 0.3) is 0 Å². The Balaban J connectivity index is 1.89. The molecule has 5 rings (SSSR count). The summed E-state index contributed by atoms with van der Waals surface area (Å²) in [5.74, 6) is -0.495. The van der Waals surface area contributed by atoms with E-state index >= 15 is 0 Å². The van der Waals surface area contributed by atoms with Crippen LogP contribution in [0, 0.1) is 13.8 Å². The number of aromatic nitrogens is 4. The van der Waals surface area contributed by atoms with Gasteiger partial charge in [-0.2, -0.15) is 0 Å². The summed E-state index contributed by atoms with van der Waals surface area (Å²) in [6, 6.07) is 8.45. The first-order chi connectivity index (χ1) is 21.1. The van der Waals surface area contributed by atoms with E-state index in [1.807, 2.05) is 0 Å². The first-order valence-electron chi connectivity index (χ1n) is 15.4. The zero-order chi connectivity index (χ0) is 31.7. The molecule has 5 heterocycles. The molecule has 3 aromatic rings.